The molecule has 1 amide bonds. The average molecular weight is 326 g/mol. The van der Waals surface area contributed by atoms with Crippen LogP contribution in [0.5, 0.6) is 0 Å². The summed E-state index contributed by atoms with van der Waals surface area (Å²) in [5.74, 6) is 0.500. The minimum Gasteiger partial charge on any atom is -0.452 e. The Hall–Kier alpha value is -0.820. The molecule has 0 saturated carbocycles. The molecule has 0 unspecified atom stereocenters. The lowest BCUT2D eigenvalue weighted by Crippen LogP contribution is -2.16. The molecule has 0 bridgehead atoms. The molecule has 0 aliphatic carbocycles. The maximum absolute atomic E-state index is 10.6. The Balaban J connectivity index is 2.56. The van der Waals surface area contributed by atoms with Crippen molar-refractivity contribution in [2.24, 2.45) is 5.10 Å². The lowest BCUT2D eigenvalue weighted by atomic mass is 10.5. The number of nitrogens with zero attached hydrogens (tertiary/aromatic N) is 1. The smallest absolute Gasteiger partial charge is 0.427 e. The van der Waals surface area contributed by atoms with Crippen LogP contribution in [0.4, 0.5) is 4.79 Å². The fourth-order valence-corrected chi connectivity index (χ4v) is 1.23. The molecule has 0 aromatic carbocycles. The summed E-state index contributed by atoms with van der Waals surface area (Å²) in [7, 11) is 1.25. The third kappa shape index (κ3) is 3.15. The van der Waals surface area contributed by atoms with E-state index in [0.29, 0.717) is 10.4 Å². The first-order valence-electron chi connectivity index (χ1n) is 3.45. The topological polar surface area (TPSA) is 63.8 Å². The normalized spacial score (nSPS) is 10.5. The summed E-state index contributed by atoms with van der Waals surface area (Å²) < 4.78 is 10.8. The van der Waals surface area contributed by atoms with E-state index < -0.39 is 6.09 Å². The van der Waals surface area contributed by atoms with E-state index in [1.807, 2.05) is 0 Å². The summed E-state index contributed by atoms with van der Waals surface area (Å²) in [6.07, 6.45) is 0.720. The van der Waals surface area contributed by atoms with Crippen LogP contribution >= 0.6 is 31.9 Å². The molecule has 0 fully saturated rings. The van der Waals surface area contributed by atoms with Gasteiger partial charge in [-0.3, -0.25) is 0 Å². The number of methoxy groups -OCH3 is 1. The standard InChI is InChI=1S/C7H6Br2N2O3/c1-13-7(12)11-10-3-4-2-5(8)6(9)14-4/h2-3H,1H3,(H,11,12)/b10-3-. The molecule has 0 aliphatic heterocycles. The number of ether oxygens (including phenoxy) is 1. The summed E-state index contributed by atoms with van der Waals surface area (Å²) >= 11 is 6.40. The van der Waals surface area contributed by atoms with Gasteiger partial charge in [0.15, 0.2) is 4.67 Å². The zero-order valence-corrected chi connectivity index (χ0v) is 10.3. The molecule has 1 heterocycles. The highest BCUT2D eigenvalue weighted by atomic mass is 79.9. The summed E-state index contributed by atoms with van der Waals surface area (Å²) in [4.78, 5) is 10.6. The van der Waals surface area contributed by atoms with Gasteiger partial charge in [-0.05, 0) is 31.9 Å². The molecule has 1 N–H and O–H groups in total. The van der Waals surface area contributed by atoms with Crippen molar-refractivity contribution in [2.45, 2.75) is 0 Å². The van der Waals surface area contributed by atoms with Crippen molar-refractivity contribution in [3.63, 3.8) is 0 Å². The fourth-order valence-electron chi connectivity index (χ4n) is 0.621. The van der Waals surface area contributed by atoms with Gasteiger partial charge in [-0.25, -0.2) is 10.2 Å². The van der Waals surface area contributed by atoms with Crippen molar-refractivity contribution in [2.75, 3.05) is 7.11 Å². The van der Waals surface area contributed by atoms with Gasteiger partial charge in [0.2, 0.25) is 0 Å². The molecule has 5 nitrogen and oxygen atoms in total. The van der Waals surface area contributed by atoms with E-state index in [4.69, 9.17) is 4.42 Å². The highest BCUT2D eigenvalue weighted by Crippen LogP contribution is 2.25. The van der Waals surface area contributed by atoms with E-state index in [9.17, 15) is 4.79 Å². The summed E-state index contributed by atoms with van der Waals surface area (Å²) in [5.41, 5.74) is 2.13. The highest BCUT2D eigenvalue weighted by Gasteiger charge is 2.03. The van der Waals surface area contributed by atoms with Crippen molar-refractivity contribution in [3.8, 4) is 0 Å². The SMILES string of the molecule is COC(=O)N/N=C\c1cc(Br)c(Br)o1. The molecular weight excluding hydrogens is 320 g/mol. The predicted molar refractivity (Wildman–Crippen MR) is 57.2 cm³/mol. The van der Waals surface area contributed by atoms with Crippen LogP contribution in [0.15, 0.2) is 24.7 Å². The van der Waals surface area contributed by atoms with Crippen molar-refractivity contribution < 1.29 is 13.9 Å². The van der Waals surface area contributed by atoms with Crippen LogP contribution < -0.4 is 5.43 Å². The van der Waals surface area contributed by atoms with Crippen LogP contribution in [0.25, 0.3) is 0 Å². The van der Waals surface area contributed by atoms with E-state index in [-0.39, 0.29) is 0 Å². The lowest BCUT2D eigenvalue weighted by molar-refractivity contribution is 0.171. The quantitative estimate of drug-likeness (QED) is 0.671. The van der Waals surface area contributed by atoms with Gasteiger partial charge in [-0.2, -0.15) is 5.10 Å². The number of hydrogen-bond donors (Lipinski definition) is 1. The Morgan fingerprint density at radius 1 is 1.71 bits per heavy atom. The van der Waals surface area contributed by atoms with Crippen LogP contribution in [0.2, 0.25) is 0 Å². The maximum atomic E-state index is 10.6. The summed E-state index contributed by atoms with van der Waals surface area (Å²) in [5, 5.41) is 3.58. The van der Waals surface area contributed by atoms with Crippen molar-refractivity contribution in [3.05, 3.63) is 21.0 Å². The molecule has 7 heteroatoms. The van der Waals surface area contributed by atoms with E-state index >= 15 is 0 Å². The fraction of sp³-hybridized carbons (Fsp3) is 0.143. The Kier molecular flexibility index (Phi) is 4.15. The Morgan fingerprint density at radius 3 is 2.93 bits per heavy atom. The molecule has 0 radical (unpaired) electrons. The Bertz CT molecular complexity index is 342. The number of nitrogens with one attached hydrogen (secondary N) is 1. The summed E-state index contributed by atoms with van der Waals surface area (Å²) in [6, 6.07) is 1.70. The van der Waals surface area contributed by atoms with Gasteiger partial charge in [-0.1, -0.05) is 0 Å². The maximum Gasteiger partial charge on any atom is 0.427 e. The van der Waals surface area contributed by atoms with Gasteiger partial charge in [-0.15, -0.1) is 0 Å². The number of furan rings is 1. The van der Waals surface area contributed by atoms with Gasteiger partial charge in [0.1, 0.15) is 5.76 Å². The zero-order chi connectivity index (χ0) is 10.6. The molecule has 0 atom stereocenters. The highest BCUT2D eigenvalue weighted by molar-refractivity contribution is 9.13. The first-order chi connectivity index (χ1) is 6.63. The number of carbonyl (C=O) groups is 1. The molecule has 14 heavy (non-hydrogen) atoms. The third-order valence-corrected chi connectivity index (χ3v) is 2.91. The Morgan fingerprint density at radius 2 is 2.43 bits per heavy atom. The van der Waals surface area contributed by atoms with Crippen LogP contribution in [0, 0.1) is 0 Å². The second-order valence-electron chi connectivity index (χ2n) is 2.13. The van der Waals surface area contributed by atoms with Crippen LogP contribution in [-0.4, -0.2) is 19.4 Å². The molecule has 0 saturated heterocycles. The average Bonchev–Trinajstić information content (AvgIpc) is 2.46. The van der Waals surface area contributed by atoms with Gasteiger partial charge in [0.25, 0.3) is 0 Å². The van der Waals surface area contributed by atoms with Crippen molar-refractivity contribution in [1.82, 2.24) is 5.43 Å². The third-order valence-electron chi connectivity index (χ3n) is 1.20. The first-order valence-corrected chi connectivity index (χ1v) is 5.04. The minimum absolute atomic E-state index is 0.500. The number of hydrogen-bond acceptors (Lipinski definition) is 4. The molecule has 1 aromatic rings. The number of halogens is 2. The van der Waals surface area contributed by atoms with Crippen molar-refractivity contribution >= 4 is 44.2 Å². The lowest BCUT2D eigenvalue weighted by Gasteiger charge is -1.93. The number of amides is 1. The Labute approximate surface area is 96.7 Å². The monoisotopic (exact) mass is 324 g/mol. The first kappa shape index (κ1) is 11.3. The molecule has 76 valence electrons. The van der Waals surface area contributed by atoms with Gasteiger partial charge in [0.05, 0.1) is 17.8 Å². The largest absolute Gasteiger partial charge is 0.452 e. The molecule has 0 aliphatic rings. The summed E-state index contributed by atoms with van der Waals surface area (Å²) in [6.45, 7) is 0. The second-order valence-corrected chi connectivity index (χ2v) is 3.71. The van der Waals surface area contributed by atoms with Gasteiger partial charge < -0.3 is 9.15 Å². The van der Waals surface area contributed by atoms with Crippen molar-refractivity contribution in [1.29, 1.82) is 0 Å². The second kappa shape index (κ2) is 5.16. The van der Waals surface area contributed by atoms with Crippen LogP contribution in [0.3, 0.4) is 0 Å². The van der Waals surface area contributed by atoms with E-state index in [0.717, 1.165) is 4.47 Å². The predicted octanol–water partition coefficient (Wildman–Crippen LogP) is 2.49. The van der Waals surface area contributed by atoms with Crippen LogP contribution in [0.1, 0.15) is 5.76 Å². The molecule has 1 rings (SSSR count). The van der Waals surface area contributed by atoms with Gasteiger partial charge >= 0.3 is 6.09 Å². The number of rotatable bonds is 2. The van der Waals surface area contributed by atoms with Crippen LogP contribution in [-0.2, 0) is 4.74 Å². The number of hydrazone groups is 1. The number of carbonyl (C=O) groups excluding carboxylic acids is 1. The zero-order valence-electron chi connectivity index (χ0n) is 7.08. The van der Waals surface area contributed by atoms with E-state index in [1.54, 1.807) is 6.07 Å². The molecule has 0 spiro atoms. The minimum atomic E-state index is -0.633. The van der Waals surface area contributed by atoms with Gasteiger partial charge in [0, 0.05) is 6.07 Å². The van der Waals surface area contributed by atoms with E-state index in [2.05, 4.69) is 47.1 Å². The molecule has 1 aromatic heterocycles. The van der Waals surface area contributed by atoms with E-state index in [1.165, 1.54) is 13.3 Å². The molecular formula is C7H6Br2N2O3.